The van der Waals surface area contributed by atoms with Crippen molar-refractivity contribution in [1.82, 2.24) is 9.13 Å². The van der Waals surface area contributed by atoms with E-state index in [2.05, 4.69) is 0 Å². The number of rotatable bonds is 4. The van der Waals surface area contributed by atoms with Crippen LogP contribution in [-0.4, -0.2) is 20.5 Å². The van der Waals surface area contributed by atoms with Crippen LogP contribution in [0.25, 0.3) is 10.2 Å². The van der Waals surface area contributed by atoms with Gasteiger partial charge in [0.1, 0.15) is 4.83 Å². The summed E-state index contributed by atoms with van der Waals surface area (Å²) in [7, 11) is 0. The van der Waals surface area contributed by atoms with Crippen molar-refractivity contribution >= 4 is 27.3 Å². The van der Waals surface area contributed by atoms with Crippen LogP contribution >= 0.6 is 11.3 Å². The number of fused-ring (bicyclic) bond motifs is 3. The van der Waals surface area contributed by atoms with Crippen LogP contribution in [0.15, 0.2) is 39.9 Å². The van der Waals surface area contributed by atoms with E-state index in [4.69, 9.17) is 4.74 Å². The molecular formula is C25H28N2O4S. The molecule has 0 bridgehead atoms. The van der Waals surface area contributed by atoms with Gasteiger partial charge >= 0.3 is 5.69 Å². The first-order valence-electron chi connectivity index (χ1n) is 11.4. The number of benzene rings is 1. The molecule has 1 fully saturated rings. The zero-order chi connectivity index (χ0) is 22.5. The topological polar surface area (TPSA) is 70.3 Å². The monoisotopic (exact) mass is 452 g/mol. The predicted octanol–water partition coefficient (Wildman–Crippen LogP) is 4.46. The second-order valence-corrected chi connectivity index (χ2v) is 10.6. The van der Waals surface area contributed by atoms with Gasteiger partial charge in [-0.2, -0.15) is 0 Å². The van der Waals surface area contributed by atoms with E-state index >= 15 is 0 Å². The van der Waals surface area contributed by atoms with Crippen LogP contribution in [0.2, 0.25) is 0 Å². The maximum absolute atomic E-state index is 13.7. The third-order valence-corrected chi connectivity index (χ3v) is 7.95. The second-order valence-electron chi connectivity index (χ2n) is 9.53. The van der Waals surface area contributed by atoms with E-state index in [-0.39, 0.29) is 35.2 Å². The van der Waals surface area contributed by atoms with Crippen molar-refractivity contribution in [3.63, 3.8) is 0 Å². The predicted molar refractivity (Wildman–Crippen MR) is 126 cm³/mol. The number of ketones is 1. The van der Waals surface area contributed by atoms with Crippen molar-refractivity contribution in [2.45, 2.75) is 77.2 Å². The molecule has 0 N–H and O–H groups in total. The third-order valence-electron chi connectivity index (χ3n) is 6.72. The summed E-state index contributed by atoms with van der Waals surface area (Å²) in [6, 6.07) is 8.92. The third kappa shape index (κ3) is 3.67. The summed E-state index contributed by atoms with van der Waals surface area (Å²) in [5.74, 6) is -0.134. The van der Waals surface area contributed by atoms with Gasteiger partial charge in [0, 0.05) is 22.9 Å². The molecule has 0 radical (unpaired) electrons. The molecule has 1 aliphatic heterocycles. The number of nitrogens with zero attached hydrogens (tertiary/aromatic N) is 2. The Bertz CT molecular complexity index is 1290. The molecule has 6 nitrogen and oxygen atoms in total. The van der Waals surface area contributed by atoms with Crippen molar-refractivity contribution < 1.29 is 9.53 Å². The standard InChI is InChI=1S/C25H28N2O4S/c1-25(2)13-18-20(15-31-25)32-23-21(18)22(29)27(17-11-7-4-8-12-17)24(30)26(23)14-19(28)16-9-5-3-6-10-16/h3,5-6,9-10,17H,4,7-8,11-15H2,1-2H3. The quantitative estimate of drug-likeness (QED) is 0.548. The lowest BCUT2D eigenvalue weighted by molar-refractivity contribution is -0.0379. The Morgan fingerprint density at radius 1 is 1.12 bits per heavy atom. The molecule has 0 unspecified atom stereocenters. The molecule has 1 aliphatic carbocycles. The Morgan fingerprint density at radius 2 is 1.84 bits per heavy atom. The average Bonchev–Trinajstić information content (AvgIpc) is 3.15. The molecule has 2 aromatic heterocycles. The molecule has 0 amide bonds. The Balaban J connectivity index is 1.73. The van der Waals surface area contributed by atoms with E-state index in [9.17, 15) is 14.4 Å². The van der Waals surface area contributed by atoms with E-state index in [1.807, 2.05) is 32.0 Å². The highest BCUT2D eigenvalue weighted by molar-refractivity contribution is 7.18. The molecule has 2 aliphatic rings. The normalized spacial score (nSPS) is 18.6. The van der Waals surface area contributed by atoms with Crippen LogP contribution in [0.1, 0.15) is 72.8 Å². The number of thiophene rings is 1. The lowest BCUT2D eigenvalue weighted by Crippen LogP contribution is -2.43. The fraction of sp³-hybridized carbons (Fsp3) is 0.480. The fourth-order valence-corrected chi connectivity index (χ4v) is 6.25. The summed E-state index contributed by atoms with van der Waals surface area (Å²) in [4.78, 5) is 42.0. The van der Waals surface area contributed by atoms with Crippen LogP contribution in [0.4, 0.5) is 0 Å². The maximum atomic E-state index is 13.7. The molecule has 1 saturated carbocycles. The van der Waals surface area contributed by atoms with Gasteiger partial charge in [-0.3, -0.25) is 18.7 Å². The van der Waals surface area contributed by atoms with E-state index < -0.39 is 0 Å². The molecule has 0 spiro atoms. The van der Waals surface area contributed by atoms with Crippen LogP contribution in [0.3, 0.4) is 0 Å². The average molecular weight is 453 g/mol. The minimum atomic E-state index is -0.371. The Labute approximate surface area is 190 Å². The maximum Gasteiger partial charge on any atom is 0.332 e. The van der Waals surface area contributed by atoms with Crippen LogP contribution < -0.4 is 11.2 Å². The minimum absolute atomic E-state index is 0.0734. The van der Waals surface area contributed by atoms with Crippen molar-refractivity contribution in [1.29, 1.82) is 0 Å². The van der Waals surface area contributed by atoms with Gasteiger partial charge in [0.05, 0.1) is 24.1 Å². The minimum Gasteiger partial charge on any atom is -0.370 e. The number of aromatic nitrogens is 2. The van der Waals surface area contributed by atoms with Crippen LogP contribution in [0.5, 0.6) is 0 Å². The zero-order valence-corrected chi connectivity index (χ0v) is 19.4. The number of hydrogen-bond donors (Lipinski definition) is 0. The number of Topliss-reactive ketones (excluding diaryl/α,β-unsaturated/α-hetero) is 1. The highest BCUT2D eigenvalue weighted by atomic mass is 32.1. The molecule has 7 heteroatoms. The summed E-state index contributed by atoms with van der Waals surface area (Å²) in [5, 5.41) is 0.604. The van der Waals surface area contributed by atoms with Crippen LogP contribution in [-0.2, 0) is 24.3 Å². The van der Waals surface area contributed by atoms with Crippen LogP contribution in [0, 0.1) is 0 Å². The molecule has 1 aromatic carbocycles. The summed E-state index contributed by atoms with van der Waals surface area (Å²) in [6.45, 7) is 4.39. The summed E-state index contributed by atoms with van der Waals surface area (Å²) in [5.41, 5.74) is 0.614. The number of carbonyl (C=O) groups excluding carboxylic acids is 1. The molecule has 3 aromatic rings. The number of ether oxygens (including phenoxy) is 1. The van der Waals surface area contributed by atoms with Gasteiger partial charge in [0.25, 0.3) is 5.56 Å². The van der Waals surface area contributed by atoms with Gasteiger partial charge in [-0.25, -0.2) is 4.79 Å². The second kappa shape index (κ2) is 8.12. The Kier molecular flexibility index (Phi) is 5.42. The van der Waals surface area contributed by atoms with Crippen molar-refractivity contribution in [3.05, 3.63) is 67.2 Å². The molecular weight excluding hydrogens is 424 g/mol. The van der Waals surface area contributed by atoms with Gasteiger partial charge in [-0.15, -0.1) is 11.3 Å². The first kappa shape index (κ1) is 21.3. The highest BCUT2D eigenvalue weighted by Crippen LogP contribution is 2.37. The van der Waals surface area contributed by atoms with E-state index in [0.717, 1.165) is 42.5 Å². The smallest absolute Gasteiger partial charge is 0.332 e. The van der Waals surface area contributed by atoms with Gasteiger partial charge in [-0.1, -0.05) is 49.6 Å². The molecule has 0 saturated heterocycles. The van der Waals surface area contributed by atoms with Crippen molar-refractivity contribution in [2.24, 2.45) is 0 Å². The van der Waals surface area contributed by atoms with Gasteiger partial charge in [0.15, 0.2) is 5.78 Å². The molecule has 0 atom stereocenters. The fourth-order valence-electron chi connectivity index (χ4n) is 5.03. The molecule has 32 heavy (non-hydrogen) atoms. The molecule has 5 rings (SSSR count). The first-order chi connectivity index (χ1) is 15.4. The Hall–Kier alpha value is -2.51. The zero-order valence-electron chi connectivity index (χ0n) is 18.6. The number of hydrogen-bond acceptors (Lipinski definition) is 5. The number of carbonyl (C=O) groups is 1. The van der Waals surface area contributed by atoms with E-state index in [0.29, 0.717) is 28.8 Å². The SMILES string of the molecule is CC1(C)Cc2c(sc3c2c(=O)n(C2CCCCC2)c(=O)n3CC(=O)c2ccccc2)CO1. The highest BCUT2D eigenvalue weighted by Gasteiger charge is 2.33. The van der Waals surface area contributed by atoms with Crippen molar-refractivity contribution in [3.8, 4) is 0 Å². The summed E-state index contributed by atoms with van der Waals surface area (Å²) in [6.07, 6.45) is 5.43. The lowest BCUT2D eigenvalue weighted by Gasteiger charge is -2.30. The van der Waals surface area contributed by atoms with Gasteiger partial charge < -0.3 is 4.74 Å². The van der Waals surface area contributed by atoms with Gasteiger partial charge in [-0.05, 0) is 32.3 Å². The summed E-state index contributed by atoms with van der Waals surface area (Å²) < 4.78 is 8.97. The first-order valence-corrected chi connectivity index (χ1v) is 12.2. The van der Waals surface area contributed by atoms with E-state index in [1.165, 1.54) is 20.5 Å². The largest absolute Gasteiger partial charge is 0.370 e. The lowest BCUT2D eigenvalue weighted by atomic mass is 9.93. The Morgan fingerprint density at radius 3 is 2.56 bits per heavy atom. The van der Waals surface area contributed by atoms with Crippen molar-refractivity contribution in [2.75, 3.05) is 0 Å². The summed E-state index contributed by atoms with van der Waals surface area (Å²) >= 11 is 1.42. The molecule has 168 valence electrons. The van der Waals surface area contributed by atoms with E-state index in [1.54, 1.807) is 12.1 Å². The molecule has 3 heterocycles. The van der Waals surface area contributed by atoms with Gasteiger partial charge in [0.2, 0.25) is 0 Å².